The summed E-state index contributed by atoms with van der Waals surface area (Å²) in [6, 6.07) is 8.37. The average Bonchev–Trinajstić information content (AvgIpc) is 2.43. The fraction of sp³-hybridized carbons (Fsp3) is 0.588. The zero-order valence-corrected chi connectivity index (χ0v) is 14.4. The van der Waals surface area contributed by atoms with E-state index >= 15 is 0 Å². The lowest BCUT2D eigenvalue weighted by atomic mass is 9.95. The standard InChI is InChI=1S/C17H26ClNO2/c1-12(2)19(13(3)4)11-10-15(17(20)21-5)14-8-6-7-9-16(14)18/h6-9,12-13,15H,10-11H2,1-5H3/t15-/m1/s1. The number of hydrogen-bond donors (Lipinski definition) is 0. The summed E-state index contributed by atoms with van der Waals surface area (Å²) in [6.07, 6.45) is 0.701. The van der Waals surface area contributed by atoms with Crippen molar-refractivity contribution in [3.05, 3.63) is 34.9 Å². The van der Waals surface area contributed by atoms with Crippen LogP contribution >= 0.6 is 11.6 Å². The Balaban J connectivity index is 2.90. The Hall–Kier alpha value is -1.06. The van der Waals surface area contributed by atoms with Crippen molar-refractivity contribution in [3.63, 3.8) is 0 Å². The molecular weight excluding hydrogens is 286 g/mol. The molecule has 118 valence electrons. The minimum absolute atomic E-state index is 0.226. The number of benzene rings is 1. The van der Waals surface area contributed by atoms with E-state index in [2.05, 4.69) is 32.6 Å². The first-order valence-corrected chi connectivity index (χ1v) is 7.84. The topological polar surface area (TPSA) is 29.5 Å². The fourth-order valence-corrected chi connectivity index (χ4v) is 2.96. The number of nitrogens with zero attached hydrogens (tertiary/aromatic N) is 1. The molecule has 0 heterocycles. The second kappa shape index (κ2) is 8.40. The van der Waals surface area contributed by atoms with Crippen LogP contribution in [-0.2, 0) is 9.53 Å². The van der Waals surface area contributed by atoms with Gasteiger partial charge in [0, 0.05) is 17.1 Å². The summed E-state index contributed by atoms with van der Waals surface area (Å²) in [4.78, 5) is 14.5. The van der Waals surface area contributed by atoms with E-state index in [-0.39, 0.29) is 11.9 Å². The van der Waals surface area contributed by atoms with Gasteiger partial charge in [-0.25, -0.2) is 0 Å². The molecule has 0 unspecified atom stereocenters. The van der Waals surface area contributed by atoms with Gasteiger partial charge in [-0.1, -0.05) is 29.8 Å². The monoisotopic (exact) mass is 311 g/mol. The maximum absolute atomic E-state index is 12.1. The van der Waals surface area contributed by atoms with Crippen LogP contribution in [0.5, 0.6) is 0 Å². The maximum atomic E-state index is 12.1. The Labute approximate surface area is 133 Å². The van der Waals surface area contributed by atoms with Gasteiger partial charge in [-0.15, -0.1) is 0 Å². The highest BCUT2D eigenvalue weighted by molar-refractivity contribution is 6.31. The van der Waals surface area contributed by atoms with Crippen molar-refractivity contribution in [2.75, 3.05) is 13.7 Å². The van der Waals surface area contributed by atoms with Crippen LogP contribution in [0.15, 0.2) is 24.3 Å². The van der Waals surface area contributed by atoms with E-state index in [0.717, 1.165) is 12.1 Å². The molecule has 0 radical (unpaired) electrons. The largest absolute Gasteiger partial charge is 0.469 e. The Bertz CT molecular complexity index is 452. The number of rotatable bonds is 7. The highest BCUT2D eigenvalue weighted by atomic mass is 35.5. The first kappa shape index (κ1) is 18.0. The summed E-state index contributed by atoms with van der Waals surface area (Å²) in [5.41, 5.74) is 0.846. The number of carbonyl (C=O) groups excluding carboxylic acids is 1. The van der Waals surface area contributed by atoms with Crippen molar-refractivity contribution >= 4 is 17.6 Å². The summed E-state index contributed by atoms with van der Waals surface area (Å²) in [5.74, 6) is -0.542. The van der Waals surface area contributed by atoms with Crippen LogP contribution in [0.4, 0.5) is 0 Å². The highest BCUT2D eigenvalue weighted by Crippen LogP contribution is 2.28. The molecule has 1 aromatic carbocycles. The van der Waals surface area contributed by atoms with Gasteiger partial charge in [0.25, 0.3) is 0 Å². The maximum Gasteiger partial charge on any atom is 0.313 e. The third kappa shape index (κ3) is 5.01. The van der Waals surface area contributed by atoms with Crippen LogP contribution in [0.1, 0.15) is 45.6 Å². The SMILES string of the molecule is COC(=O)[C@H](CCN(C(C)C)C(C)C)c1ccccc1Cl. The van der Waals surface area contributed by atoms with Crippen molar-refractivity contribution in [2.45, 2.75) is 52.1 Å². The zero-order chi connectivity index (χ0) is 16.0. The first-order chi connectivity index (χ1) is 9.88. The van der Waals surface area contributed by atoms with E-state index in [4.69, 9.17) is 16.3 Å². The molecule has 1 aromatic rings. The Kier molecular flexibility index (Phi) is 7.20. The van der Waals surface area contributed by atoms with Crippen LogP contribution in [0.2, 0.25) is 5.02 Å². The minimum Gasteiger partial charge on any atom is -0.469 e. The third-order valence-electron chi connectivity index (χ3n) is 3.77. The second-order valence-electron chi connectivity index (χ2n) is 5.81. The van der Waals surface area contributed by atoms with Gasteiger partial charge in [-0.05, 0) is 52.3 Å². The lowest BCUT2D eigenvalue weighted by Crippen LogP contribution is -2.38. The normalized spacial score (nSPS) is 13.0. The molecule has 1 rings (SSSR count). The molecule has 1 atom stereocenters. The number of hydrogen-bond acceptors (Lipinski definition) is 3. The van der Waals surface area contributed by atoms with Crippen LogP contribution in [0.25, 0.3) is 0 Å². The molecule has 0 aromatic heterocycles. The van der Waals surface area contributed by atoms with E-state index in [0.29, 0.717) is 23.5 Å². The van der Waals surface area contributed by atoms with Crippen molar-refractivity contribution in [3.8, 4) is 0 Å². The highest BCUT2D eigenvalue weighted by Gasteiger charge is 2.25. The first-order valence-electron chi connectivity index (χ1n) is 7.46. The number of halogens is 1. The predicted molar refractivity (Wildman–Crippen MR) is 87.8 cm³/mol. The minimum atomic E-state index is -0.316. The lowest BCUT2D eigenvalue weighted by molar-refractivity contribution is -0.142. The van der Waals surface area contributed by atoms with Crippen molar-refractivity contribution in [1.82, 2.24) is 4.90 Å². The van der Waals surface area contributed by atoms with Gasteiger partial charge >= 0.3 is 5.97 Å². The van der Waals surface area contributed by atoms with Crippen molar-refractivity contribution in [2.24, 2.45) is 0 Å². The Morgan fingerprint density at radius 1 is 1.19 bits per heavy atom. The molecule has 0 aliphatic carbocycles. The van der Waals surface area contributed by atoms with Crippen molar-refractivity contribution in [1.29, 1.82) is 0 Å². The molecule has 0 spiro atoms. The molecule has 0 saturated heterocycles. The van der Waals surface area contributed by atoms with Crippen LogP contribution < -0.4 is 0 Å². The molecule has 3 nitrogen and oxygen atoms in total. The quantitative estimate of drug-likeness (QED) is 0.710. The lowest BCUT2D eigenvalue weighted by Gasteiger charge is -2.31. The molecule has 21 heavy (non-hydrogen) atoms. The van der Waals surface area contributed by atoms with E-state index in [1.54, 1.807) is 0 Å². The number of carbonyl (C=O) groups is 1. The zero-order valence-electron chi connectivity index (χ0n) is 13.6. The molecule has 0 N–H and O–H groups in total. The summed E-state index contributed by atoms with van der Waals surface area (Å²) >= 11 is 6.24. The van der Waals surface area contributed by atoms with Gasteiger partial charge in [0.1, 0.15) is 0 Å². The van der Waals surface area contributed by atoms with Crippen LogP contribution in [0, 0.1) is 0 Å². The summed E-state index contributed by atoms with van der Waals surface area (Å²) in [6.45, 7) is 9.51. The van der Waals surface area contributed by atoms with E-state index in [9.17, 15) is 4.79 Å². The van der Waals surface area contributed by atoms with Gasteiger partial charge in [0.2, 0.25) is 0 Å². The average molecular weight is 312 g/mol. The summed E-state index contributed by atoms with van der Waals surface area (Å²) in [5, 5.41) is 0.619. The summed E-state index contributed by atoms with van der Waals surface area (Å²) < 4.78 is 4.96. The van der Waals surface area contributed by atoms with E-state index < -0.39 is 0 Å². The molecule has 0 aliphatic heterocycles. The van der Waals surface area contributed by atoms with E-state index in [1.165, 1.54) is 7.11 Å². The fourth-order valence-electron chi connectivity index (χ4n) is 2.69. The van der Waals surface area contributed by atoms with Gasteiger partial charge in [0.15, 0.2) is 0 Å². The van der Waals surface area contributed by atoms with E-state index in [1.807, 2.05) is 24.3 Å². The van der Waals surface area contributed by atoms with Crippen LogP contribution in [-0.4, -0.2) is 36.6 Å². The van der Waals surface area contributed by atoms with Gasteiger partial charge < -0.3 is 4.74 Å². The van der Waals surface area contributed by atoms with Gasteiger partial charge in [-0.2, -0.15) is 0 Å². The Morgan fingerprint density at radius 2 is 1.76 bits per heavy atom. The molecule has 4 heteroatoms. The number of methoxy groups -OCH3 is 1. The number of esters is 1. The third-order valence-corrected chi connectivity index (χ3v) is 4.11. The summed E-state index contributed by atoms with van der Waals surface area (Å²) in [7, 11) is 1.43. The predicted octanol–water partition coefficient (Wildman–Crippen LogP) is 4.11. The van der Waals surface area contributed by atoms with Gasteiger partial charge in [-0.3, -0.25) is 9.69 Å². The molecule has 0 aliphatic rings. The molecule has 0 bridgehead atoms. The Morgan fingerprint density at radius 3 is 2.24 bits per heavy atom. The molecular formula is C17H26ClNO2. The smallest absolute Gasteiger partial charge is 0.313 e. The van der Waals surface area contributed by atoms with Crippen LogP contribution in [0.3, 0.4) is 0 Å². The molecule has 0 saturated carbocycles. The number of ether oxygens (including phenoxy) is 1. The second-order valence-corrected chi connectivity index (χ2v) is 6.22. The van der Waals surface area contributed by atoms with Gasteiger partial charge in [0.05, 0.1) is 13.0 Å². The molecule has 0 amide bonds. The van der Waals surface area contributed by atoms with Crippen molar-refractivity contribution < 1.29 is 9.53 Å². The molecule has 0 fully saturated rings.